The van der Waals surface area contributed by atoms with Gasteiger partial charge >= 0.3 is 5.97 Å². The molecule has 25 heavy (non-hydrogen) atoms. The lowest BCUT2D eigenvalue weighted by Gasteiger charge is -2.25. The van der Waals surface area contributed by atoms with Gasteiger partial charge in [-0.1, -0.05) is 12.1 Å². The molecule has 2 aromatic rings. The Bertz CT molecular complexity index is 798. The summed E-state index contributed by atoms with van der Waals surface area (Å²) in [6.07, 6.45) is -0.836. The summed E-state index contributed by atoms with van der Waals surface area (Å²) in [5, 5.41) is 0. The molecule has 2 aromatic carbocycles. The lowest BCUT2D eigenvalue weighted by atomic mass is 10.1. The van der Waals surface area contributed by atoms with Crippen molar-refractivity contribution in [3.63, 3.8) is 0 Å². The lowest BCUT2D eigenvalue weighted by Crippen LogP contribution is -2.37. The van der Waals surface area contributed by atoms with E-state index in [1.807, 2.05) is 6.07 Å². The number of benzene rings is 2. The third-order valence-electron chi connectivity index (χ3n) is 3.83. The van der Waals surface area contributed by atoms with E-state index in [0.717, 1.165) is 0 Å². The van der Waals surface area contributed by atoms with Crippen molar-refractivity contribution < 1.29 is 28.5 Å². The molecular formula is C19H18O6. The highest BCUT2D eigenvalue weighted by Gasteiger charge is 2.28. The smallest absolute Gasteiger partial charge is 0.351 e. The monoisotopic (exact) mass is 342 g/mol. The first kappa shape index (κ1) is 16.8. The molecule has 3 rings (SSSR count). The van der Waals surface area contributed by atoms with E-state index in [1.165, 1.54) is 14.0 Å². The van der Waals surface area contributed by atoms with Gasteiger partial charge in [-0.15, -0.1) is 0 Å². The van der Waals surface area contributed by atoms with E-state index in [9.17, 15) is 9.59 Å². The number of ether oxygens (including phenoxy) is 4. The van der Waals surface area contributed by atoms with Crippen molar-refractivity contribution in [3.8, 4) is 17.2 Å². The highest BCUT2D eigenvalue weighted by molar-refractivity contribution is 5.94. The average Bonchev–Trinajstić information content (AvgIpc) is 2.65. The molecule has 0 spiro atoms. The highest BCUT2D eigenvalue weighted by Crippen LogP contribution is 2.31. The number of Topliss-reactive ketones (excluding diaryl/α,β-unsaturated/α-hetero) is 1. The number of para-hydroxylation sites is 2. The van der Waals surface area contributed by atoms with Gasteiger partial charge < -0.3 is 18.9 Å². The van der Waals surface area contributed by atoms with E-state index < -0.39 is 12.1 Å². The second kappa shape index (κ2) is 7.25. The Balaban J connectivity index is 1.67. The number of hydrogen-bond donors (Lipinski definition) is 0. The van der Waals surface area contributed by atoms with E-state index >= 15 is 0 Å². The number of carbonyl (C=O) groups is 2. The van der Waals surface area contributed by atoms with Crippen LogP contribution in [0.2, 0.25) is 0 Å². The summed E-state index contributed by atoms with van der Waals surface area (Å²) in [4.78, 5) is 23.8. The number of ketones is 1. The van der Waals surface area contributed by atoms with Crippen LogP contribution >= 0.6 is 0 Å². The Labute approximate surface area is 145 Å². The number of esters is 1. The van der Waals surface area contributed by atoms with Crippen LogP contribution in [0.15, 0.2) is 42.5 Å². The fourth-order valence-corrected chi connectivity index (χ4v) is 2.49. The number of hydrogen-bond acceptors (Lipinski definition) is 6. The third kappa shape index (κ3) is 3.74. The van der Waals surface area contributed by atoms with Crippen molar-refractivity contribution in [2.75, 3.05) is 13.7 Å². The van der Waals surface area contributed by atoms with Crippen molar-refractivity contribution in [2.24, 2.45) is 0 Å². The summed E-state index contributed by atoms with van der Waals surface area (Å²) in [7, 11) is 1.52. The highest BCUT2D eigenvalue weighted by atomic mass is 16.6. The van der Waals surface area contributed by atoms with Gasteiger partial charge in [0.05, 0.1) is 7.11 Å². The minimum atomic E-state index is -0.836. The molecule has 0 amide bonds. The SMILES string of the molecule is COc1ccc(C(C)=O)cc1COC(=O)[C@@H]1COc2ccccc2O1. The van der Waals surface area contributed by atoms with Gasteiger partial charge in [-0.05, 0) is 37.3 Å². The molecule has 0 N–H and O–H groups in total. The summed E-state index contributed by atoms with van der Waals surface area (Å²) >= 11 is 0. The standard InChI is InChI=1S/C19H18O6/c1-12(20)13-7-8-15(22-2)14(9-13)10-24-19(21)18-11-23-16-5-3-4-6-17(16)25-18/h3-9,18H,10-11H2,1-2H3/t18-/m0/s1. The Morgan fingerprint density at radius 2 is 1.92 bits per heavy atom. The Morgan fingerprint density at radius 3 is 2.64 bits per heavy atom. The molecule has 6 heteroatoms. The normalized spacial score (nSPS) is 15.4. The summed E-state index contributed by atoms with van der Waals surface area (Å²) in [6, 6.07) is 12.1. The zero-order valence-electron chi connectivity index (χ0n) is 14.0. The fraction of sp³-hybridized carbons (Fsp3) is 0.263. The Morgan fingerprint density at radius 1 is 1.16 bits per heavy atom. The largest absolute Gasteiger partial charge is 0.496 e. The van der Waals surface area contributed by atoms with E-state index in [4.69, 9.17) is 18.9 Å². The predicted molar refractivity (Wildman–Crippen MR) is 89.1 cm³/mol. The van der Waals surface area contributed by atoms with Crippen molar-refractivity contribution in [1.29, 1.82) is 0 Å². The predicted octanol–water partition coefficient (Wildman–Crippen LogP) is 2.78. The van der Waals surface area contributed by atoms with Crippen LogP contribution in [-0.2, 0) is 16.1 Å². The van der Waals surface area contributed by atoms with Crippen LogP contribution in [0.5, 0.6) is 17.2 Å². The molecule has 130 valence electrons. The molecule has 1 atom stereocenters. The van der Waals surface area contributed by atoms with Gasteiger partial charge in [-0.3, -0.25) is 4.79 Å². The van der Waals surface area contributed by atoms with E-state index in [1.54, 1.807) is 36.4 Å². The van der Waals surface area contributed by atoms with E-state index in [0.29, 0.717) is 28.4 Å². The molecule has 1 heterocycles. The topological polar surface area (TPSA) is 71.1 Å². The van der Waals surface area contributed by atoms with Crippen LogP contribution in [0.4, 0.5) is 0 Å². The quantitative estimate of drug-likeness (QED) is 0.615. The zero-order chi connectivity index (χ0) is 17.8. The first-order valence-corrected chi connectivity index (χ1v) is 7.81. The molecule has 0 aromatic heterocycles. The van der Waals surface area contributed by atoms with E-state index in [-0.39, 0.29) is 19.0 Å². The minimum absolute atomic E-state index is 0.0232. The summed E-state index contributed by atoms with van der Waals surface area (Å²) in [5.41, 5.74) is 1.14. The maximum absolute atomic E-state index is 12.3. The molecule has 0 unspecified atom stereocenters. The van der Waals surface area contributed by atoms with Gasteiger partial charge in [0.1, 0.15) is 19.0 Å². The van der Waals surface area contributed by atoms with Gasteiger partial charge in [0.15, 0.2) is 17.3 Å². The summed E-state index contributed by atoms with van der Waals surface area (Å²) < 4.78 is 21.7. The maximum Gasteiger partial charge on any atom is 0.351 e. The van der Waals surface area contributed by atoms with Crippen LogP contribution in [-0.4, -0.2) is 31.6 Å². The number of methoxy groups -OCH3 is 1. The average molecular weight is 342 g/mol. The fourth-order valence-electron chi connectivity index (χ4n) is 2.49. The van der Waals surface area contributed by atoms with Crippen LogP contribution in [0, 0.1) is 0 Å². The molecule has 0 saturated heterocycles. The minimum Gasteiger partial charge on any atom is -0.496 e. The van der Waals surface area contributed by atoms with Crippen molar-refractivity contribution in [3.05, 3.63) is 53.6 Å². The van der Waals surface area contributed by atoms with Gasteiger partial charge in [0, 0.05) is 11.1 Å². The number of carbonyl (C=O) groups excluding carboxylic acids is 2. The van der Waals surface area contributed by atoms with Crippen LogP contribution in [0.3, 0.4) is 0 Å². The van der Waals surface area contributed by atoms with Crippen LogP contribution in [0.25, 0.3) is 0 Å². The molecule has 0 radical (unpaired) electrons. The first-order valence-electron chi connectivity index (χ1n) is 7.81. The Kier molecular flexibility index (Phi) is 4.88. The molecule has 1 aliphatic heterocycles. The first-order chi connectivity index (χ1) is 12.1. The van der Waals surface area contributed by atoms with Gasteiger partial charge in [0.2, 0.25) is 6.10 Å². The molecule has 0 aliphatic carbocycles. The summed E-state index contributed by atoms with van der Waals surface area (Å²) in [5.74, 6) is 1.04. The maximum atomic E-state index is 12.3. The lowest BCUT2D eigenvalue weighted by molar-refractivity contribution is -0.155. The molecule has 6 nitrogen and oxygen atoms in total. The molecule has 0 fully saturated rings. The van der Waals surface area contributed by atoms with E-state index in [2.05, 4.69) is 0 Å². The zero-order valence-corrected chi connectivity index (χ0v) is 14.0. The van der Waals surface area contributed by atoms with Crippen molar-refractivity contribution in [1.82, 2.24) is 0 Å². The van der Waals surface area contributed by atoms with Crippen LogP contribution < -0.4 is 14.2 Å². The molecule has 0 bridgehead atoms. The number of rotatable bonds is 5. The molecular weight excluding hydrogens is 324 g/mol. The molecule has 0 saturated carbocycles. The Hall–Kier alpha value is -3.02. The van der Waals surface area contributed by atoms with Crippen molar-refractivity contribution >= 4 is 11.8 Å². The van der Waals surface area contributed by atoms with Gasteiger partial charge in [-0.25, -0.2) is 4.79 Å². The third-order valence-corrected chi connectivity index (χ3v) is 3.83. The second-order valence-corrected chi connectivity index (χ2v) is 5.55. The van der Waals surface area contributed by atoms with Crippen molar-refractivity contribution in [2.45, 2.75) is 19.6 Å². The molecule has 1 aliphatic rings. The second-order valence-electron chi connectivity index (χ2n) is 5.55. The number of fused-ring (bicyclic) bond motifs is 1. The van der Waals surface area contributed by atoms with Gasteiger partial charge in [-0.2, -0.15) is 0 Å². The summed E-state index contributed by atoms with van der Waals surface area (Å²) in [6.45, 7) is 1.54. The van der Waals surface area contributed by atoms with Gasteiger partial charge in [0.25, 0.3) is 0 Å². The van der Waals surface area contributed by atoms with Crippen LogP contribution in [0.1, 0.15) is 22.8 Å².